The van der Waals surface area contributed by atoms with E-state index in [1.54, 1.807) is 0 Å². The van der Waals surface area contributed by atoms with Crippen molar-refractivity contribution in [2.75, 3.05) is 0 Å². The van der Waals surface area contributed by atoms with Crippen LogP contribution in [0.25, 0.3) is 0 Å². The van der Waals surface area contributed by atoms with E-state index in [9.17, 15) is 9.59 Å². The summed E-state index contributed by atoms with van der Waals surface area (Å²) in [5, 5.41) is 2.96. The number of benzene rings is 1. The zero-order valence-electron chi connectivity index (χ0n) is 15.4. The molecule has 24 heavy (non-hydrogen) atoms. The molecule has 3 heteroatoms. The smallest absolute Gasteiger partial charge is 0.220 e. The van der Waals surface area contributed by atoms with Crippen LogP contribution in [-0.4, -0.2) is 11.7 Å². The maximum Gasteiger partial charge on any atom is 0.220 e. The van der Waals surface area contributed by atoms with Crippen LogP contribution in [0.1, 0.15) is 89.7 Å². The van der Waals surface area contributed by atoms with E-state index >= 15 is 0 Å². The molecule has 1 atom stereocenters. The second-order valence-electron chi connectivity index (χ2n) is 6.50. The molecule has 0 aromatic heterocycles. The van der Waals surface area contributed by atoms with Gasteiger partial charge in [0.2, 0.25) is 5.91 Å². The zero-order valence-corrected chi connectivity index (χ0v) is 15.4. The molecule has 0 aliphatic heterocycles. The average Bonchev–Trinajstić information content (AvgIpc) is 2.61. The molecule has 1 aromatic rings. The minimum atomic E-state index is -0.494. The number of amides is 1. The van der Waals surface area contributed by atoms with Crippen LogP contribution in [0.2, 0.25) is 0 Å². The van der Waals surface area contributed by atoms with E-state index < -0.39 is 6.04 Å². The molecule has 0 aliphatic rings. The molecule has 0 bridgehead atoms. The third-order valence-corrected chi connectivity index (χ3v) is 4.29. The van der Waals surface area contributed by atoms with Gasteiger partial charge in [-0.2, -0.15) is 0 Å². The molecular formula is C21H33NO2. The Bertz CT molecular complexity index is 470. The van der Waals surface area contributed by atoms with Gasteiger partial charge in [-0.05, 0) is 18.4 Å². The second kappa shape index (κ2) is 12.7. The highest BCUT2D eigenvalue weighted by molar-refractivity contribution is 5.90. The van der Waals surface area contributed by atoms with Crippen molar-refractivity contribution in [3.8, 4) is 0 Å². The van der Waals surface area contributed by atoms with E-state index in [1.165, 1.54) is 0 Å². The Kier molecular flexibility index (Phi) is 10.8. The summed E-state index contributed by atoms with van der Waals surface area (Å²) in [6.45, 7) is 4.32. The predicted octanol–water partition coefficient (Wildman–Crippen LogP) is 5.35. The molecule has 1 aromatic carbocycles. The normalized spacial score (nSPS) is 11.9. The monoisotopic (exact) mass is 331 g/mol. The fourth-order valence-electron chi connectivity index (χ4n) is 2.81. The first-order valence-electron chi connectivity index (χ1n) is 9.56. The first-order valence-corrected chi connectivity index (χ1v) is 9.56. The van der Waals surface area contributed by atoms with Crippen LogP contribution >= 0.6 is 0 Å². The molecule has 1 amide bonds. The third kappa shape index (κ3) is 8.28. The number of carbonyl (C=O) groups excluding carboxylic acids is 2. The lowest BCUT2D eigenvalue weighted by Gasteiger charge is -2.18. The number of hydrogen-bond acceptors (Lipinski definition) is 2. The summed E-state index contributed by atoms with van der Waals surface area (Å²) in [4.78, 5) is 24.8. The van der Waals surface area contributed by atoms with Crippen LogP contribution in [0.3, 0.4) is 0 Å². The number of carbonyl (C=O) groups is 2. The van der Waals surface area contributed by atoms with Gasteiger partial charge < -0.3 is 5.32 Å². The van der Waals surface area contributed by atoms with Crippen molar-refractivity contribution in [1.29, 1.82) is 0 Å². The van der Waals surface area contributed by atoms with Crippen LogP contribution in [0.15, 0.2) is 30.3 Å². The summed E-state index contributed by atoms with van der Waals surface area (Å²) in [7, 11) is 0. The van der Waals surface area contributed by atoms with Crippen LogP contribution < -0.4 is 5.32 Å². The van der Waals surface area contributed by atoms with Gasteiger partial charge >= 0.3 is 0 Å². The molecule has 0 saturated carbocycles. The maximum absolute atomic E-state index is 12.6. The van der Waals surface area contributed by atoms with Crippen molar-refractivity contribution >= 4 is 11.7 Å². The lowest BCUT2D eigenvalue weighted by Crippen LogP contribution is -2.33. The Morgan fingerprint density at radius 1 is 0.833 bits per heavy atom. The molecule has 0 aliphatic carbocycles. The fourth-order valence-corrected chi connectivity index (χ4v) is 2.81. The Balaban J connectivity index is 2.58. The topological polar surface area (TPSA) is 46.2 Å². The molecular weight excluding hydrogens is 298 g/mol. The quantitative estimate of drug-likeness (QED) is 0.495. The molecule has 0 radical (unpaired) electrons. The molecule has 0 unspecified atom stereocenters. The van der Waals surface area contributed by atoms with Gasteiger partial charge in [0.15, 0.2) is 5.78 Å². The molecule has 0 spiro atoms. The molecule has 134 valence electrons. The van der Waals surface area contributed by atoms with E-state index in [0.717, 1.165) is 56.9 Å². The van der Waals surface area contributed by atoms with Gasteiger partial charge in [-0.3, -0.25) is 9.59 Å². The first kappa shape index (κ1) is 20.4. The zero-order chi connectivity index (χ0) is 17.6. The minimum absolute atomic E-state index is 0.0122. The van der Waals surface area contributed by atoms with E-state index in [0.29, 0.717) is 12.8 Å². The van der Waals surface area contributed by atoms with Gasteiger partial charge in [-0.1, -0.05) is 82.7 Å². The molecule has 1 rings (SSSR count). The van der Waals surface area contributed by atoms with Crippen molar-refractivity contribution < 1.29 is 9.59 Å². The van der Waals surface area contributed by atoms with Crippen LogP contribution in [0.4, 0.5) is 0 Å². The Morgan fingerprint density at radius 3 is 2.00 bits per heavy atom. The number of hydrogen-bond donors (Lipinski definition) is 1. The van der Waals surface area contributed by atoms with E-state index in [1.807, 2.05) is 30.3 Å². The van der Waals surface area contributed by atoms with Gasteiger partial charge in [-0.25, -0.2) is 0 Å². The lowest BCUT2D eigenvalue weighted by atomic mass is 9.98. The predicted molar refractivity (Wildman–Crippen MR) is 99.9 cm³/mol. The summed E-state index contributed by atoms with van der Waals surface area (Å²) in [6.07, 6.45) is 9.63. The highest BCUT2D eigenvalue weighted by Crippen LogP contribution is 2.18. The highest BCUT2D eigenvalue weighted by Gasteiger charge is 2.21. The SMILES string of the molecule is CCCCCCC(=O)N[C@H](C(=O)CCCCCC)c1ccccc1. The molecule has 0 heterocycles. The van der Waals surface area contributed by atoms with Crippen LogP contribution in [-0.2, 0) is 9.59 Å². The molecule has 1 N–H and O–H groups in total. The average molecular weight is 331 g/mol. The highest BCUT2D eigenvalue weighted by atomic mass is 16.2. The van der Waals surface area contributed by atoms with Gasteiger partial charge in [0.25, 0.3) is 0 Å². The molecule has 3 nitrogen and oxygen atoms in total. The standard InChI is InChI=1S/C21H33NO2/c1-3-5-7-12-16-19(23)21(18-14-10-9-11-15-18)22-20(24)17-13-8-6-4-2/h9-11,14-15,21H,3-8,12-13,16-17H2,1-2H3,(H,22,24)/t21-/m0/s1. The van der Waals surface area contributed by atoms with Crippen molar-refractivity contribution in [3.05, 3.63) is 35.9 Å². The van der Waals surface area contributed by atoms with E-state index in [2.05, 4.69) is 19.2 Å². The number of ketones is 1. The Labute approximate surface area is 147 Å². The van der Waals surface area contributed by atoms with Crippen LogP contribution in [0, 0.1) is 0 Å². The summed E-state index contributed by atoms with van der Waals surface area (Å²) in [6, 6.07) is 9.11. The number of unbranched alkanes of at least 4 members (excludes halogenated alkanes) is 6. The van der Waals surface area contributed by atoms with Crippen LogP contribution in [0.5, 0.6) is 0 Å². The summed E-state index contributed by atoms with van der Waals surface area (Å²) in [5.41, 5.74) is 0.889. The van der Waals surface area contributed by atoms with Crippen molar-refractivity contribution in [2.24, 2.45) is 0 Å². The summed E-state index contributed by atoms with van der Waals surface area (Å²) < 4.78 is 0. The van der Waals surface area contributed by atoms with Crippen molar-refractivity contribution in [1.82, 2.24) is 5.32 Å². The first-order chi connectivity index (χ1) is 11.7. The second-order valence-corrected chi connectivity index (χ2v) is 6.50. The van der Waals surface area contributed by atoms with Crippen molar-refractivity contribution in [2.45, 2.75) is 84.1 Å². The fraction of sp³-hybridized carbons (Fsp3) is 0.619. The molecule has 0 saturated heterocycles. The number of nitrogens with one attached hydrogen (secondary N) is 1. The van der Waals surface area contributed by atoms with E-state index in [4.69, 9.17) is 0 Å². The summed E-state index contributed by atoms with van der Waals surface area (Å²) >= 11 is 0. The number of rotatable bonds is 13. The molecule has 0 fully saturated rings. The van der Waals surface area contributed by atoms with Gasteiger partial charge in [0, 0.05) is 12.8 Å². The third-order valence-electron chi connectivity index (χ3n) is 4.29. The maximum atomic E-state index is 12.6. The Hall–Kier alpha value is -1.64. The van der Waals surface area contributed by atoms with Gasteiger partial charge in [0.05, 0.1) is 0 Å². The minimum Gasteiger partial charge on any atom is -0.342 e. The largest absolute Gasteiger partial charge is 0.342 e. The van der Waals surface area contributed by atoms with Gasteiger partial charge in [-0.15, -0.1) is 0 Å². The Morgan fingerprint density at radius 2 is 1.42 bits per heavy atom. The lowest BCUT2D eigenvalue weighted by molar-refractivity contribution is -0.128. The van der Waals surface area contributed by atoms with Gasteiger partial charge in [0.1, 0.15) is 6.04 Å². The number of Topliss-reactive ketones (excluding diaryl/α,β-unsaturated/α-hetero) is 1. The van der Waals surface area contributed by atoms with E-state index in [-0.39, 0.29) is 11.7 Å². The van der Waals surface area contributed by atoms with Crippen molar-refractivity contribution in [3.63, 3.8) is 0 Å². The summed E-state index contributed by atoms with van der Waals surface area (Å²) in [5.74, 6) is 0.112.